The van der Waals surface area contributed by atoms with Crippen molar-refractivity contribution < 1.29 is 29.9 Å². The van der Waals surface area contributed by atoms with Crippen molar-refractivity contribution in [3.8, 4) is 0 Å². The minimum Gasteiger partial charge on any atom is -0.296 e. The lowest BCUT2D eigenvalue weighted by atomic mass is 9.98. The fourth-order valence-corrected chi connectivity index (χ4v) is 1.57. The van der Waals surface area contributed by atoms with Crippen LogP contribution in [0, 0.1) is 0 Å². The molecule has 2 N–H and O–H groups in total. The first kappa shape index (κ1) is 16.6. The minimum absolute atomic E-state index is 0.0619. The van der Waals surface area contributed by atoms with Crippen LogP contribution < -0.4 is 0 Å². The Morgan fingerprint density at radius 1 is 0.833 bits per heavy atom. The molecule has 104 valence electrons. The molecule has 0 bridgehead atoms. The lowest BCUT2D eigenvalue weighted by Gasteiger charge is -2.10. The van der Waals surface area contributed by atoms with Crippen molar-refractivity contribution in [2.45, 2.75) is 52.4 Å². The highest BCUT2D eigenvalue weighted by atomic mass is 17.1. The second-order valence-electron chi connectivity index (χ2n) is 3.92. The summed E-state index contributed by atoms with van der Waals surface area (Å²) in [5.41, 5.74) is 0.124. The molecule has 0 aliphatic heterocycles. The van der Waals surface area contributed by atoms with E-state index in [-0.39, 0.29) is 11.1 Å². The van der Waals surface area contributed by atoms with Crippen molar-refractivity contribution in [3.63, 3.8) is 0 Å². The molecule has 0 aliphatic rings. The SMILES string of the molecule is CCCCC(C(=O)OO)=C(CCCC)C(=O)OO. The predicted octanol–water partition coefficient (Wildman–Crippen LogP) is 2.70. The van der Waals surface area contributed by atoms with Gasteiger partial charge in [0.05, 0.1) is 11.1 Å². The number of hydrogen-bond donors (Lipinski definition) is 2. The van der Waals surface area contributed by atoms with Gasteiger partial charge in [-0.3, -0.25) is 9.78 Å². The topological polar surface area (TPSA) is 93.1 Å². The summed E-state index contributed by atoms with van der Waals surface area (Å²) >= 11 is 0. The summed E-state index contributed by atoms with van der Waals surface area (Å²) in [5.74, 6) is -1.94. The van der Waals surface area contributed by atoms with Crippen LogP contribution in [-0.4, -0.2) is 22.5 Å². The Kier molecular flexibility index (Phi) is 8.86. The van der Waals surface area contributed by atoms with E-state index in [4.69, 9.17) is 10.5 Å². The molecule has 0 aromatic heterocycles. The zero-order chi connectivity index (χ0) is 14.0. The molecule has 0 rings (SSSR count). The predicted molar refractivity (Wildman–Crippen MR) is 63.5 cm³/mol. The highest BCUT2D eigenvalue weighted by Gasteiger charge is 2.23. The van der Waals surface area contributed by atoms with Gasteiger partial charge in [-0.1, -0.05) is 26.7 Å². The van der Waals surface area contributed by atoms with Crippen LogP contribution in [0.4, 0.5) is 0 Å². The average molecular weight is 260 g/mol. The molecule has 0 heterocycles. The van der Waals surface area contributed by atoms with Crippen LogP contribution in [0.2, 0.25) is 0 Å². The van der Waals surface area contributed by atoms with E-state index in [2.05, 4.69) is 9.78 Å². The third-order valence-corrected chi connectivity index (χ3v) is 2.58. The van der Waals surface area contributed by atoms with Gasteiger partial charge in [0.1, 0.15) is 0 Å². The van der Waals surface area contributed by atoms with E-state index in [1.54, 1.807) is 0 Å². The summed E-state index contributed by atoms with van der Waals surface area (Å²) in [5, 5.41) is 16.9. The average Bonchev–Trinajstić information content (AvgIpc) is 2.40. The smallest absolute Gasteiger partial charge is 0.296 e. The second kappa shape index (κ2) is 9.61. The summed E-state index contributed by atoms with van der Waals surface area (Å²) < 4.78 is 0. The normalized spacial score (nSPS) is 11.8. The van der Waals surface area contributed by atoms with Gasteiger partial charge in [0.2, 0.25) is 0 Å². The van der Waals surface area contributed by atoms with Crippen LogP contribution in [-0.2, 0) is 19.4 Å². The summed E-state index contributed by atoms with van der Waals surface area (Å²) in [7, 11) is 0. The van der Waals surface area contributed by atoms with Gasteiger partial charge >= 0.3 is 11.9 Å². The summed E-state index contributed by atoms with van der Waals surface area (Å²) in [6.07, 6.45) is 3.56. The van der Waals surface area contributed by atoms with E-state index in [1.165, 1.54) is 0 Å². The van der Waals surface area contributed by atoms with Gasteiger partial charge in [0.25, 0.3) is 0 Å². The lowest BCUT2D eigenvalue weighted by Crippen LogP contribution is -2.15. The van der Waals surface area contributed by atoms with Crippen LogP contribution in [0.15, 0.2) is 11.1 Å². The monoisotopic (exact) mass is 260 g/mol. The van der Waals surface area contributed by atoms with Gasteiger partial charge in [-0.25, -0.2) is 9.59 Å². The largest absolute Gasteiger partial charge is 0.369 e. The van der Waals surface area contributed by atoms with Crippen LogP contribution >= 0.6 is 0 Å². The van der Waals surface area contributed by atoms with Crippen LogP contribution in [0.3, 0.4) is 0 Å². The van der Waals surface area contributed by atoms with Gasteiger partial charge in [0.15, 0.2) is 0 Å². The van der Waals surface area contributed by atoms with Gasteiger partial charge in [-0.05, 0) is 25.7 Å². The number of unbranched alkanes of at least 4 members (excludes halogenated alkanes) is 2. The van der Waals surface area contributed by atoms with E-state index in [1.807, 2.05) is 13.8 Å². The first-order valence-electron chi connectivity index (χ1n) is 6.05. The van der Waals surface area contributed by atoms with Gasteiger partial charge < -0.3 is 0 Å². The van der Waals surface area contributed by atoms with E-state index in [0.29, 0.717) is 25.7 Å². The van der Waals surface area contributed by atoms with E-state index in [9.17, 15) is 9.59 Å². The van der Waals surface area contributed by atoms with Gasteiger partial charge in [-0.15, -0.1) is 0 Å². The molecule has 0 saturated carbocycles. The molecule has 18 heavy (non-hydrogen) atoms. The van der Waals surface area contributed by atoms with E-state index in [0.717, 1.165) is 12.8 Å². The fraction of sp³-hybridized carbons (Fsp3) is 0.667. The van der Waals surface area contributed by atoms with Gasteiger partial charge in [-0.2, -0.15) is 10.5 Å². The highest BCUT2D eigenvalue weighted by Crippen LogP contribution is 2.20. The third kappa shape index (κ3) is 5.29. The molecule has 0 radical (unpaired) electrons. The fourth-order valence-electron chi connectivity index (χ4n) is 1.57. The van der Waals surface area contributed by atoms with Crippen LogP contribution in [0.25, 0.3) is 0 Å². The molecule has 0 fully saturated rings. The quantitative estimate of drug-likeness (QED) is 0.396. The molecule has 0 aromatic rings. The summed E-state index contributed by atoms with van der Waals surface area (Å²) in [6.45, 7) is 3.86. The molecule has 6 heteroatoms. The number of carbonyl (C=O) groups excluding carboxylic acids is 2. The molecule has 0 spiro atoms. The molecule has 0 aliphatic carbocycles. The Hall–Kier alpha value is -1.40. The molecular weight excluding hydrogens is 240 g/mol. The lowest BCUT2D eigenvalue weighted by molar-refractivity contribution is -0.232. The van der Waals surface area contributed by atoms with Crippen molar-refractivity contribution in [1.29, 1.82) is 0 Å². The molecular formula is C12H20O6. The van der Waals surface area contributed by atoms with E-state index >= 15 is 0 Å². The van der Waals surface area contributed by atoms with Gasteiger partial charge in [0, 0.05) is 0 Å². The Morgan fingerprint density at radius 3 is 1.39 bits per heavy atom. The number of rotatable bonds is 8. The van der Waals surface area contributed by atoms with Crippen molar-refractivity contribution in [2.24, 2.45) is 0 Å². The Morgan fingerprint density at radius 2 is 1.17 bits per heavy atom. The zero-order valence-electron chi connectivity index (χ0n) is 10.8. The molecule has 0 amide bonds. The maximum atomic E-state index is 11.4. The summed E-state index contributed by atoms with van der Waals surface area (Å²) in [6, 6.07) is 0. The third-order valence-electron chi connectivity index (χ3n) is 2.58. The first-order chi connectivity index (χ1) is 8.62. The molecule has 0 saturated heterocycles. The maximum Gasteiger partial charge on any atom is 0.369 e. The van der Waals surface area contributed by atoms with Crippen molar-refractivity contribution in [2.75, 3.05) is 0 Å². The number of hydrogen-bond acceptors (Lipinski definition) is 6. The molecule has 0 aromatic carbocycles. The minimum atomic E-state index is -0.972. The maximum absolute atomic E-state index is 11.4. The van der Waals surface area contributed by atoms with Crippen molar-refractivity contribution >= 4 is 11.9 Å². The van der Waals surface area contributed by atoms with E-state index < -0.39 is 11.9 Å². The van der Waals surface area contributed by atoms with Crippen LogP contribution in [0.5, 0.6) is 0 Å². The molecule has 0 atom stereocenters. The second-order valence-corrected chi connectivity index (χ2v) is 3.92. The zero-order valence-corrected chi connectivity index (χ0v) is 10.8. The Labute approximate surface area is 106 Å². The Bertz CT molecular complexity index is 278. The summed E-state index contributed by atoms with van der Waals surface area (Å²) in [4.78, 5) is 30.2. The number of carbonyl (C=O) groups is 2. The van der Waals surface area contributed by atoms with Crippen LogP contribution in [0.1, 0.15) is 52.4 Å². The first-order valence-corrected chi connectivity index (χ1v) is 6.05. The van der Waals surface area contributed by atoms with Crippen molar-refractivity contribution in [1.82, 2.24) is 0 Å². The van der Waals surface area contributed by atoms with Crippen molar-refractivity contribution in [3.05, 3.63) is 11.1 Å². The molecule has 6 nitrogen and oxygen atoms in total. The molecule has 0 unspecified atom stereocenters. The highest BCUT2D eigenvalue weighted by molar-refractivity contribution is 5.99. The standard InChI is InChI=1S/C12H20O6/c1-3-5-7-9(11(13)17-15)10(8-6-4-2)12(14)18-16/h15-16H,3-8H2,1-2H3. The Balaban J connectivity index is 5.21.